The number of carbonyl (C=O) groups excluding carboxylic acids is 2. The highest BCUT2D eigenvalue weighted by molar-refractivity contribution is 7.26. The Labute approximate surface area is 198 Å². The molecule has 35 heavy (non-hydrogen) atoms. The smallest absolute Gasteiger partial charge is 0.463 e. The summed E-state index contributed by atoms with van der Waals surface area (Å²) < 4.78 is 94.6. The van der Waals surface area contributed by atoms with Gasteiger partial charge in [-0.15, -0.1) is 24.5 Å². The van der Waals surface area contributed by atoms with Gasteiger partial charge in [0, 0.05) is 27.6 Å². The Hall–Kier alpha value is -3.54. The number of ether oxygens (including phenoxy) is 3. The van der Waals surface area contributed by atoms with Crippen molar-refractivity contribution in [3.05, 3.63) is 60.7 Å². The van der Waals surface area contributed by atoms with E-state index in [2.05, 4.69) is 17.9 Å². The molecule has 0 bridgehead atoms. The maximum atomic E-state index is 14.1. The van der Waals surface area contributed by atoms with Gasteiger partial charge in [0.15, 0.2) is 11.5 Å². The molecule has 0 aliphatic rings. The predicted octanol–water partition coefficient (Wildman–Crippen LogP) is 6.73. The van der Waals surface area contributed by atoms with Gasteiger partial charge in [-0.25, -0.2) is 9.59 Å². The van der Waals surface area contributed by atoms with Crippen molar-refractivity contribution in [2.75, 3.05) is 6.61 Å². The minimum absolute atomic E-state index is 0.0489. The normalized spacial score (nSPS) is 11.9. The summed E-state index contributed by atoms with van der Waals surface area (Å²) in [6, 6.07) is 4.84. The SMILES string of the molecule is C=CC(=O)OCCCc1ccc2c(sc3c(OC(F)(F)F)c(OC(=O)C=C)ccc32)c1C(F)(F)F. The molecule has 0 saturated heterocycles. The van der Waals surface area contributed by atoms with E-state index in [1.165, 1.54) is 18.2 Å². The summed E-state index contributed by atoms with van der Waals surface area (Å²) in [6.45, 7) is 6.23. The Morgan fingerprint density at radius 2 is 1.54 bits per heavy atom. The van der Waals surface area contributed by atoms with Gasteiger partial charge in [0.25, 0.3) is 0 Å². The first-order valence-electron chi connectivity index (χ1n) is 9.83. The number of carbonyl (C=O) groups is 2. The van der Waals surface area contributed by atoms with E-state index in [9.17, 15) is 35.9 Å². The third kappa shape index (κ3) is 5.94. The molecule has 186 valence electrons. The summed E-state index contributed by atoms with van der Waals surface area (Å²) >= 11 is 0.432. The third-order valence-electron chi connectivity index (χ3n) is 4.69. The molecule has 0 amide bonds. The van der Waals surface area contributed by atoms with Crippen LogP contribution in [0.25, 0.3) is 20.2 Å². The average molecular weight is 518 g/mol. The van der Waals surface area contributed by atoms with Crippen molar-refractivity contribution in [3.8, 4) is 11.5 Å². The number of halogens is 6. The zero-order valence-electron chi connectivity index (χ0n) is 17.7. The molecule has 0 radical (unpaired) electrons. The maximum absolute atomic E-state index is 14.1. The monoisotopic (exact) mass is 518 g/mol. The lowest BCUT2D eigenvalue weighted by atomic mass is 9.99. The van der Waals surface area contributed by atoms with E-state index in [-0.39, 0.29) is 45.2 Å². The van der Waals surface area contributed by atoms with Crippen LogP contribution in [0.5, 0.6) is 11.5 Å². The minimum atomic E-state index is -5.21. The van der Waals surface area contributed by atoms with E-state index >= 15 is 0 Å². The fourth-order valence-electron chi connectivity index (χ4n) is 3.36. The van der Waals surface area contributed by atoms with Crippen LogP contribution in [0.1, 0.15) is 17.5 Å². The molecule has 12 heteroatoms. The van der Waals surface area contributed by atoms with Crippen LogP contribution >= 0.6 is 11.3 Å². The highest BCUT2D eigenvalue weighted by Gasteiger charge is 2.38. The molecule has 0 aliphatic heterocycles. The van der Waals surface area contributed by atoms with Gasteiger partial charge in [0.1, 0.15) is 0 Å². The molecule has 5 nitrogen and oxygen atoms in total. The van der Waals surface area contributed by atoms with E-state index in [1.54, 1.807) is 0 Å². The molecule has 1 heterocycles. The van der Waals surface area contributed by atoms with Gasteiger partial charge in [0.2, 0.25) is 0 Å². The molecule has 0 aliphatic carbocycles. The second-order valence-electron chi connectivity index (χ2n) is 6.99. The van der Waals surface area contributed by atoms with Crippen LogP contribution in [0, 0.1) is 0 Å². The van der Waals surface area contributed by atoms with Crippen molar-refractivity contribution in [3.63, 3.8) is 0 Å². The van der Waals surface area contributed by atoms with Crippen LogP contribution in [-0.2, 0) is 26.9 Å². The first kappa shape index (κ1) is 26.1. The molecule has 0 spiro atoms. The maximum Gasteiger partial charge on any atom is 0.573 e. The number of benzene rings is 2. The second kappa shape index (κ2) is 9.98. The summed E-state index contributed by atoms with van der Waals surface area (Å²) in [6.07, 6.45) is -8.45. The minimum Gasteiger partial charge on any atom is -0.463 e. The Morgan fingerprint density at radius 1 is 0.914 bits per heavy atom. The van der Waals surface area contributed by atoms with Gasteiger partial charge in [-0.3, -0.25) is 0 Å². The summed E-state index contributed by atoms with van der Waals surface area (Å²) in [5.41, 5.74) is -1.14. The van der Waals surface area contributed by atoms with E-state index < -0.39 is 41.5 Å². The molecule has 0 unspecified atom stereocenters. The Morgan fingerprint density at radius 3 is 2.14 bits per heavy atom. The number of fused-ring (bicyclic) bond motifs is 3. The lowest BCUT2D eigenvalue weighted by molar-refractivity contribution is -0.274. The van der Waals surface area contributed by atoms with Crippen molar-refractivity contribution in [1.29, 1.82) is 0 Å². The number of hydrogen-bond donors (Lipinski definition) is 0. The topological polar surface area (TPSA) is 61.8 Å². The Kier molecular flexibility index (Phi) is 7.44. The van der Waals surface area contributed by atoms with Crippen molar-refractivity contribution in [2.24, 2.45) is 0 Å². The quantitative estimate of drug-likeness (QED) is 0.109. The molecule has 0 atom stereocenters. The molecule has 3 aromatic rings. The highest BCUT2D eigenvalue weighted by Crippen LogP contribution is 2.49. The first-order chi connectivity index (χ1) is 16.4. The lowest BCUT2D eigenvalue weighted by Gasteiger charge is -2.14. The highest BCUT2D eigenvalue weighted by atomic mass is 32.1. The number of alkyl halides is 6. The van der Waals surface area contributed by atoms with Crippen LogP contribution in [-0.4, -0.2) is 24.9 Å². The average Bonchev–Trinajstić information content (AvgIpc) is 3.14. The van der Waals surface area contributed by atoms with Crippen LogP contribution in [0.4, 0.5) is 26.3 Å². The summed E-state index contributed by atoms with van der Waals surface area (Å²) in [5.74, 6) is -3.35. The summed E-state index contributed by atoms with van der Waals surface area (Å²) in [5, 5.41) is 0.104. The van der Waals surface area contributed by atoms with Crippen molar-refractivity contribution < 1.29 is 50.1 Å². The molecular formula is C23H16F6O5S. The number of esters is 2. The standard InChI is InChI=1S/C23H16F6O5S/c1-3-16(30)32-11-5-6-12-7-8-13-14-9-10-15(33-17(31)4-2)19(34-23(27,28)29)21(14)35-20(13)18(12)22(24,25)26/h3-4,7-10H,1-2,5-6,11H2. The van der Waals surface area contributed by atoms with Gasteiger partial charge >= 0.3 is 24.5 Å². The van der Waals surface area contributed by atoms with Crippen molar-refractivity contribution in [1.82, 2.24) is 0 Å². The van der Waals surface area contributed by atoms with Gasteiger partial charge < -0.3 is 14.2 Å². The summed E-state index contributed by atoms with van der Waals surface area (Å²) in [4.78, 5) is 22.7. The number of rotatable bonds is 8. The molecule has 1 aromatic heterocycles. The Balaban J connectivity index is 2.18. The molecule has 0 saturated carbocycles. The second-order valence-corrected chi connectivity index (χ2v) is 8.01. The van der Waals surface area contributed by atoms with Crippen LogP contribution in [0.15, 0.2) is 49.6 Å². The van der Waals surface area contributed by atoms with Crippen molar-refractivity contribution >= 4 is 43.4 Å². The number of aryl methyl sites for hydroxylation is 1. The van der Waals surface area contributed by atoms with E-state index in [1.807, 2.05) is 0 Å². The van der Waals surface area contributed by atoms with Crippen LogP contribution in [0.2, 0.25) is 0 Å². The van der Waals surface area contributed by atoms with Gasteiger partial charge in [-0.05, 0) is 30.5 Å². The van der Waals surface area contributed by atoms with Gasteiger partial charge in [-0.2, -0.15) is 13.2 Å². The van der Waals surface area contributed by atoms with Gasteiger partial charge in [0.05, 0.1) is 16.9 Å². The molecular weight excluding hydrogens is 502 g/mol. The largest absolute Gasteiger partial charge is 0.573 e. The van der Waals surface area contributed by atoms with E-state index in [4.69, 9.17) is 9.47 Å². The zero-order valence-corrected chi connectivity index (χ0v) is 18.5. The molecule has 3 rings (SSSR count). The molecule has 0 N–H and O–H groups in total. The lowest BCUT2D eigenvalue weighted by Crippen LogP contribution is -2.18. The van der Waals surface area contributed by atoms with E-state index in [0.717, 1.165) is 12.1 Å². The summed E-state index contributed by atoms with van der Waals surface area (Å²) in [7, 11) is 0. The first-order valence-corrected chi connectivity index (χ1v) is 10.6. The molecule has 0 fully saturated rings. The van der Waals surface area contributed by atoms with Gasteiger partial charge in [-0.1, -0.05) is 25.3 Å². The fourth-order valence-corrected chi connectivity index (χ4v) is 4.72. The number of hydrogen-bond acceptors (Lipinski definition) is 6. The Bertz CT molecular complexity index is 1310. The predicted molar refractivity (Wildman–Crippen MR) is 116 cm³/mol. The van der Waals surface area contributed by atoms with Crippen LogP contribution in [0.3, 0.4) is 0 Å². The third-order valence-corrected chi connectivity index (χ3v) is 5.93. The van der Waals surface area contributed by atoms with Crippen molar-refractivity contribution in [2.45, 2.75) is 25.4 Å². The molecule has 2 aromatic carbocycles. The zero-order chi connectivity index (χ0) is 26.0. The number of thiophene rings is 1. The van der Waals surface area contributed by atoms with Crippen LogP contribution < -0.4 is 9.47 Å². The van der Waals surface area contributed by atoms with E-state index in [0.29, 0.717) is 17.4 Å². The fraction of sp³-hybridized carbons (Fsp3) is 0.217.